The molecule has 2 aromatic rings. The van der Waals surface area contributed by atoms with Crippen LogP contribution in [-0.4, -0.2) is 28.6 Å². The molecule has 198 valence electrons. The Morgan fingerprint density at radius 3 is 2.98 bits per heavy atom. The molecule has 5 aliphatic carbocycles. The van der Waals surface area contributed by atoms with Gasteiger partial charge in [-0.15, -0.1) is 4.48 Å². The number of allylic oxidation sites excluding steroid dienone is 11. The third-order valence-electron chi connectivity index (χ3n) is 11.0. The van der Waals surface area contributed by atoms with E-state index >= 15 is 0 Å². The van der Waals surface area contributed by atoms with Crippen molar-refractivity contribution in [1.29, 1.82) is 0 Å². The molecule has 0 radical (unpaired) electrons. The van der Waals surface area contributed by atoms with E-state index in [0.29, 0.717) is 12.1 Å². The summed E-state index contributed by atoms with van der Waals surface area (Å²) < 4.78 is 1.32. The third kappa shape index (κ3) is 2.04. The van der Waals surface area contributed by atoms with Crippen molar-refractivity contribution in [3.63, 3.8) is 0 Å². The molecule has 0 spiro atoms. The number of hydrogen-bond donors (Lipinski definition) is 1. The van der Waals surface area contributed by atoms with E-state index in [4.69, 9.17) is 4.99 Å². The van der Waals surface area contributed by atoms with Gasteiger partial charge in [0, 0.05) is 54.1 Å². The molecule has 5 atom stereocenters. The Hall–Kier alpha value is -4.94. The van der Waals surface area contributed by atoms with Crippen LogP contribution in [0.3, 0.4) is 0 Å². The van der Waals surface area contributed by atoms with Gasteiger partial charge >= 0.3 is 11.5 Å². The standard InChI is InChI=1S/C36H24N4O2/c41-31-15-24-23-12-10-20-17-37-16-19-9-11-21(33(23)32(19)20)22-13-14-26-35(34(22)24)25(31)18-40-29-7-3-1-5-27(29)38-36(26,40)39(42)28-6-2-4-8-30(28)40/h1-4,6-15,17-18,21,26,35,37H,5,16H2/q+2. The molecule has 9 aliphatic rings. The molecule has 6 heteroatoms. The molecule has 4 heterocycles. The maximum absolute atomic E-state index is 14.7. The fraction of sp³-hybridized carbons (Fsp3) is 0.167. The highest BCUT2D eigenvalue weighted by atomic mass is 16.3. The summed E-state index contributed by atoms with van der Waals surface area (Å²) in [6, 6.07) is 12.2. The van der Waals surface area contributed by atoms with Gasteiger partial charge in [0.1, 0.15) is 22.6 Å². The van der Waals surface area contributed by atoms with Crippen LogP contribution in [0.15, 0.2) is 119 Å². The zero-order valence-electron chi connectivity index (χ0n) is 22.5. The number of fused-ring (bicyclic) bond motifs is 4. The third-order valence-corrected chi connectivity index (χ3v) is 11.0. The average Bonchev–Trinajstić information content (AvgIpc) is 3.46. The van der Waals surface area contributed by atoms with Gasteiger partial charge < -0.3 is 5.32 Å². The zero-order chi connectivity index (χ0) is 27.5. The number of carbonyl (C=O) groups is 1. The highest BCUT2D eigenvalue weighted by molar-refractivity contribution is 6.16. The van der Waals surface area contributed by atoms with Crippen molar-refractivity contribution in [2.75, 3.05) is 6.54 Å². The van der Waals surface area contributed by atoms with Crippen LogP contribution in [-0.2, 0) is 4.79 Å². The SMILES string of the molecule is O=C1C=C2C3=C(C=CC4C3C1=C[N+]13C5=CC=CCC5=NC41[N+](=O)c1ccccc13)C1C=CC3=c4c1c2ccc4=CNC3. The van der Waals surface area contributed by atoms with Crippen molar-refractivity contribution in [1.82, 2.24) is 9.80 Å². The Labute approximate surface area is 240 Å². The molecule has 4 aliphatic heterocycles. The van der Waals surface area contributed by atoms with E-state index in [2.05, 4.69) is 72.4 Å². The van der Waals surface area contributed by atoms with E-state index < -0.39 is 5.79 Å². The molecule has 0 saturated heterocycles. The van der Waals surface area contributed by atoms with Gasteiger partial charge in [0.15, 0.2) is 11.5 Å². The summed E-state index contributed by atoms with van der Waals surface area (Å²) in [6.07, 6.45) is 22.1. The van der Waals surface area contributed by atoms with Crippen LogP contribution >= 0.6 is 0 Å². The van der Waals surface area contributed by atoms with Crippen LogP contribution in [0.5, 0.6) is 0 Å². The molecule has 0 amide bonds. The van der Waals surface area contributed by atoms with E-state index in [1.165, 1.54) is 37.5 Å². The number of carbonyl (C=O) groups excluding carboxylic acids is 1. The molecule has 0 bridgehead atoms. The zero-order valence-corrected chi connectivity index (χ0v) is 22.5. The fourth-order valence-electron chi connectivity index (χ4n) is 9.53. The molecule has 1 N–H and O–H groups in total. The van der Waals surface area contributed by atoms with Gasteiger partial charge in [0.2, 0.25) is 5.69 Å². The molecular formula is C36H24N4O2+2. The molecular weight excluding hydrogens is 520 g/mol. The predicted octanol–water partition coefficient (Wildman–Crippen LogP) is 4.19. The second-order valence-corrected chi connectivity index (χ2v) is 12.6. The molecule has 0 fully saturated rings. The van der Waals surface area contributed by atoms with E-state index in [1.807, 2.05) is 30.3 Å². The Bertz CT molecular complexity index is 2240. The number of nitroso groups, excluding NO2 is 1. The number of nitrogens with one attached hydrogen (secondary N) is 1. The Kier molecular flexibility index (Phi) is 3.49. The van der Waals surface area contributed by atoms with Gasteiger partial charge in [-0.1, -0.05) is 60.7 Å². The van der Waals surface area contributed by atoms with Gasteiger partial charge in [0.05, 0.1) is 5.57 Å². The van der Waals surface area contributed by atoms with Gasteiger partial charge in [-0.3, -0.25) is 4.79 Å². The number of benzene rings is 2. The Morgan fingerprint density at radius 1 is 1.10 bits per heavy atom. The summed E-state index contributed by atoms with van der Waals surface area (Å²) in [4.78, 5) is 34.4. The first-order valence-electron chi connectivity index (χ1n) is 14.8. The van der Waals surface area contributed by atoms with E-state index in [9.17, 15) is 9.70 Å². The number of aliphatic imine (C=N–C) groups is 1. The van der Waals surface area contributed by atoms with Crippen molar-refractivity contribution >= 4 is 40.2 Å². The summed E-state index contributed by atoms with van der Waals surface area (Å²) in [5, 5.41) is 5.91. The van der Waals surface area contributed by atoms with Crippen LogP contribution in [0.4, 0.5) is 11.4 Å². The number of rotatable bonds is 0. The number of para-hydroxylation sites is 2. The van der Waals surface area contributed by atoms with Gasteiger partial charge in [-0.2, -0.15) is 4.99 Å². The molecule has 5 unspecified atom stereocenters. The van der Waals surface area contributed by atoms with Crippen molar-refractivity contribution in [2.45, 2.75) is 18.1 Å². The first kappa shape index (κ1) is 21.8. The minimum Gasteiger partial charge on any atom is -0.386 e. The van der Waals surface area contributed by atoms with Crippen molar-refractivity contribution < 1.29 is 9.55 Å². The topological polar surface area (TPSA) is 61.5 Å². The van der Waals surface area contributed by atoms with Crippen molar-refractivity contribution in [2.24, 2.45) is 16.8 Å². The summed E-state index contributed by atoms with van der Waals surface area (Å²) >= 11 is 0. The quantitative estimate of drug-likeness (QED) is 0.400. The first-order valence-corrected chi connectivity index (χ1v) is 14.8. The van der Waals surface area contributed by atoms with Crippen molar-refractivity contribution in [3.05, 3.63) is 140 Å². The summed E-state index contributed by atoms with van der Waals surface area (Å²) in [7, 11) is 0. The van der Waals surface area contributed by atoms with Crippen LogP contribution < -0.4 is 20.2 Å². The predicted molar refractivity (Wildman–Crippen MR) is 161 cm³/mol. The number of ketones is 1. The summed E-state index contributed by atoms with van der Waals surface area (Å²) in [6.45, 7) is 0.803. The first-order chi connectivity index (χ1) is 20.6. The maximum atomic E-state index is 14.7. The largest absolute Gasteiger partial charge is 0.463 e. The highest BCUT2D eigenvalue weighted by Crippen LogP contribution is 2.67. The minimum atomic E-state index is -1.18. The van der Waals surface area contributed by atoms with Crippen LogP contribution in [0.1, 0.15) is 23.5 Å². The Morgan fingerprint density at radius 2 is 2.02 bits per heavy atom. The lowest BCUT2D eigenvalue weighted by Gasteiger charge is -2.48. The number of nitrogens with zero attached hydrogens (tertiary/aromatic N) is 3. The smallest absolute Gasteiger partial charge is 0.386 e. The van der Waals surface area contributed by atoms with Gasteiger partial charge in [-0.25, -0.2) is 0 Å². The number of quaternary nitrogens is 1. The van der Waals surface area contributed by atoms with E-state index in [-0.39, 0.29) is 28.0 Å². The molecule has 0 aromatic heterocycles. The minimum absolute atomic E-state index is 0.0360. The second kappa shape index (κ2) is 6.75. The van der Waals surface area contributed by atoms with Crippen LogP contribution in [0.2, 0.25) is 0 Å². The summed E-state index contributed by atoms with van der Waals surface area (Å²) in [5.41, 5.74) is 11.4. The van der Waals surface area contributed by atoms with Gasteiger partial charge in [0.25, 0.3) is 0 Å². The maximum Gasteiger partial charge on any atom is 0.463 e. The second-order valence-electron chi connectivity index (χ2n) is 12.6. The summed E-state index contributed by atoms with van der Waals surface area (Å²) in [5.74, 6) is -1.60. The molecule has 0 saturated carbocycles. The monoisotopic (exact) mass is 544 g/mol. The highest BCUT2D eigenvalue weighted by Gasteiger charge is 2.84. The number of hydrogen-bond acceptors (Lipinski definition) is 4. The molecule has 6 nitrogen and oxygen atoms in total. The van der Waals surface area contributed by atoms with Gasteiger partial charge in [-0.05, 0) is 49.9 Å². The lowest BCUT2D eigenvalue weighted by atomic mass is 9.58. The average molecular weight is 545 g/mol. The normalized spacial score (nSPS) is 34.1. The lowest BCUT2D eigenvalue weighted by Crippen LogP contribution is -2.67. The molecule has 11 rings (SSSR count). The van der Waals surface area contributed by atoms with Crippen LogP contribution in [0.25, 0.3) is 17.3 Å². The van der Waals surface area contributed by atoms with Crippen LogP contribution in [0, 0.1) is 16.7 Å². The Balaban J connectivity index is 1.25. The lowest BCUT2D eigenvalue weighted by molar-refractivity contribution is -0.571. The fourth-order valence-corrected chi connectivity index (χ4v) is 9.53. The van der Waals surface area contributed by atoms with Crippen molar-refractivity contribution in [3.8, 4) is 0 Å². The van der Waals surface area contributed by atoms with E-state index in [0.717, 1.165) is 40.4 Å². The molecule has 42 heavy (non-hydrogen) atoms. The van der Waals surface area contributed by atoms with E-state index in [1.54, 1.807) is 0 Å². The molecule has 2 aromatic carbocycles.